The Bertz CT molecular complexity index is 402. The zero-order valence-corrected chi connectivity index (χ0v) is 13.5. The first-order chi connectivity index (χ1) is 9.15. The largest absolute Gasteiger partial charge is 0.351 e. The van der Waals surface area contributed by atoms with E-state index in [4.69, 9.17) is 4.98 Å². The van der Waals surface area contributed by atoms with Crippen LogP contribution in [0.3, 0.4) is 0 Å². The second-order valence-corrected chi connectivity index (χ2v) is 6.76. The van der Waals surface area contributed by atoms with Gasteiger partial charge in [-0.15, -0.1) is 11.3 Å². The summed E-state index contributed by atoms with van der Waals surface area (Å²) in [5.74, 6) is 0.732. The maximum atomic E-state index is 4.92. The van der Waals surface area contributed by atoms with E-state index in [2.05, 4.69) is 38.0 Å². The molecule has 0 saturated heterocycles. The van der Waals surface area contributed by atoms with Crippen molar-refractivity contribution in [2.24, 2.45) is 5.92 Å². The van der Waals surface area contributed by atoms with E-state index < -0.39 is 0 Å². The molecule has 1 aromatic rings. The van der Waals surface area contributed by atoms with E-state index in [0.29, 0.717) is 6.04 Å². The molecule has 19 heavy (non-hydrogen) atoms. The minimum Gasteiger partial charge on any atom is -0.351 e. The lowest BCUT2D eigenvalue weighted by atomic mass is 9.98. The van der Waals surface area contributed by atoms with E-state index in [0.717, 1.165) is 19.0 Å². The summed E-state index contributed by atoms with van der Waals surface area (Å²) in [6, 6.07) is 0.482. The van der Waals surface area contributed by atoms with Crippen molar-refractivity contribution >= 4 is 16.5 Å². The number of nitrogens with zero attached hydrogens (tertiary/aromatic N) is 2. The van der Waals surface area contributed by atoms with Crippen LogP contribution >= 0.6 is 11.3 Å². The van der Waals surface area contributed by atoms with Gasteiger partial charge in [0.15, 0.2) is 5.13 Å². The molecule has 0 radical (unpaired) electrons. The zero-order chi connectivity index (χ0) is 13.8. The van der Waals surface area contributed by atoms with Crippen LogP contribution in [0.15, 0.2) is 0 Å². The van der Waals surface area contributed by atoms with Crippen molar-refractivity contribution in [1.29, 1.82) is 0 Å². The minimum absolute atomic E-state index is 0.482. The Hall–Kier alpha value is -0.610. The minimum atomic E-state index is 0.482. The predicted molar refractivity (Wildman–Crippen MR) is 84.2 cm³/mol. The average molecular weight is 281 g/mol. The molecule has 0 saturated carbocycles. The summed E-state index contributed by atoms with van der Waals surface area (Å²) in [4.78, 5) is 8.76. The topological polar surface area (TPSA) is 28.2 Å². The third-order valence-electron chi connectivity index (χ3n) is 4.00. The van der Waals surface area contributed by atoms with Gasteiger partial charge in [0, 0.05) is 18.5 Å². The molecule has 1 heterocycles. The Morgan fingerprint density at radius 1 is 1.47 bits per heavy atom. The number of hydrogen-bond donors (Lipinski definition) is 1. The number of rotatable bonds is 6. The number of thiazole rings is 1. The quantitative estimate of drug-likeness (QED) is 0.863. The fraction of sp³-hybridized carbons (Fsp3) is 0.800. The van der Waals surface area contributed by atoms with Crippen LogP contribution in [0.4, 0.5) is 5.13 Å². The molecule has 0 spiro atoms. The fourth-order valence-electron chi connectivity index (χ4n) is 2.69. The third-order valence-corrected chi connectivity index (χ3v) is 5.25. The smallest absolute Gasteiger partial charge is 0.185 e. The number of nitrogens with one attached hydrogen (secondary N) is 1. The van der Waals surface area contributed by atoms with Crippen molar-refractivity contribution in [2.45, 2.75) is 52.5 Å². The van der Waals surface area contributed by atoms with Crippen molar-refractivity contribution in [2.75, 3.05) is 25.0 Å². The van der Waals surface area contributed by atoms with Gasteiger partial charge in [0.1, 0.15) is 0 Å². The molecule has 4 heteroatoms. The second-order valence-electron chi connectivity index (χ2n) is 5.70. The molecule has 108 valence electrons. The summed E-state index contributed by atoms with van der Waals surface area (Å²) in [6.07, 6.45) is 4.97. The van der Waals surface area contributed by atoms with Crippen LogP contribution in [0.1, 0.15) is 56.6 Å². The average Bonchev–Trinajstić information content (AvgIpc) is 2.84. The first-order valence-electron chi connectivity index (χ1n) is 7.59. The summed E-state index contributed by atoms with van der Waals surface area (Å²) in [5.41, 5.74) is 1.32. The molecule has 1 aliphatic carbocycles. The van der Waals surface area contributed by atoms with Gasteiger partial charge in [-0.2, -0.15) is 0 Å². The SMILES string of the molecule is CCNC1CCCc2sc(N(C)CC(C)CC)nc21. The van der Waals surface area contributed by atoms with Crippen LogP contribution in [0.25, 0.3) is 0 Å². The summed E-state index contributed by atoms with van der Waals surface area (Å²) in [5, 5.41) is 4.77. The van der Waals surface area contributed by atoms with Crippen molar-refractivity contribution in [1.82, 2.24) is 10.3 Å². The van der Waals surface area contributed by atoms with E-state index in [1.54, 1.807) is 0 Å². The zero-order valence-electron chi connectivity index (χ0n) is 12.7. The second kappa shape index (κ2) is 6.71. The summed E-state index contributed by atoms with van der Waals surface area (Å²) in [7, 11) is 2.18. The molecule has 3 nitrogen and oxygen atoms in total. The van der Waals surface area contributed by atoms with Crippen LogP contribution in [0, 0.1) is 5.92 Å². The molecular formula is C15H27N3S. The lowest BCUT2D eigenvalue weighted by Gasteiger charge is -2.21. The van der Waals surface area contributed by atoms with Gasteiger partial charge >= 0.3 is 0 Å². The van der Waals surface area contributed by atoms with E-state index in [1.807, 2.05) is 11.3 Å². The van der Waals surface area contributed by atoms with Crippen LogP contribution in [-0.2, 0) is 6.42 Å². The highest BCUT2D eigenvalue weighted by atomic mass is 32.1. The van der Waals surface area contributed by atoms with Gasteiger partial charge in [-0.1, -0.05) is 27.2 Å². The Kier molecular flexibility index (Phi) is 5.22. The van der Waals surface area contributed by atoms with E-state index in [9.17, 15) is 0 Å². The van der Waals surface area contributed by atoms with Crippen LogP contribution < -0.4 is 10.2 Å². The summed E-state index contributed by atoms with van der Waals surface area (Å²) < 4.78 is 0. The number of hydrogen-bond acceptors (Lipinski definition) is 4. The van der Waals surface area contributed by atoms with Gasteiger partial charge in [0.2, 0.25) is 0 Å². The van der Waals surface area contributed by atoms with Crippen LogP contribution in [0.5, 0.6) is 0 Å². The molecule has 0 fully saturated rings. The van der Waals surface area contributed by atoms with Gasteiger partial charge in [-0.25, -0.2) is 4.98 Å². The predicted octanol–water partition coefficient (Wildman–Crippen LogP) is 3.61. The van der Waals surface area contributed by atoms with Gasteiger partial charge < -0.3 is 10.2 Å². The lowest BCUT2D eigenvalue weighted by molar-refractivity contribution is 0.465. The van der Waals surface area contributed by atoms with Crippen molar-refractivity contribution < 1.29 is 0 Å². The highest BCUT2D eigenvalue weighted by molar-refractivity contribution is 7.15. The Balaban J connectivity index is 2.12. The summed E-state index contributed by atoms with van der Waals surface area (Å²) >= 11 is 1.90. The van der Waals surface area contributed by atoms with E-state index in [1.165, 1.54) is 41.4 Å². The monoisotopic (exact) mass is 281 g/mol. The maximum Gasteiger partial charge on any atom is 0.185 e. The first-order valence-corrected chi connectivity index (χ1v) is 8.41. The van der Waals surface area contributed by atoms with E-state index >= 15 is 0 Å². The molecular weight excluding hydrogens is 254 g/mol. The maximum absolute atomic E-state index is 4.92. The van der Waals surface area contributed by atoms with Crippen molar-refractivity contribution in [3.8, 4) is 0 Å². The van der Waals surface area contributed by atoms with Gasteiger partial charge in [-0.05, 0) is 31.7 Å². The highest BCUT2D eigenvalue weighted by Crippen LogP contribution is 2.36. The first kappa shape index (κ1) is 14.8. The number of aryl methyl sites for hydroxylation is 1. The van der Waals surface area contributed by atoms with Gasteiger partial charge in [-0.3, -0.25) is 0 Å². The Labute approximate surface area is 121 Å². The van der Waals surface area contributed by atoms with E-state index in [-0.39, 0.29) is 0 Å². The van der Waals surface area contributed by atoms with Crippen LogP contribution in [-0.4, -0.2) is 25.1 Å². The lowest BCUT2D eigenvalue weighted by Crippen LogP contribution is -2.25. The molecule has 1 aromatic heterocycles. The number of anilines is 1. The Morgan fingerprint density at radius 2 is 2.26 bits per heavy atom. The highest BCUT2D eigenvalue weighted by Gasteiger charge is 2.25. The standard InChI is InChI=1S/C15H27N3S/c1-5-11(3)10-18(4)15-17-14-12(16-6-2)8-7-9-13(14)19-15/h11-12,16H,5-10H2,1-4H3. The molecule has 2 atom stereocenters. The molecule has 2 unspecified atom stereocenters. The molecule has 1 N–H and O–H groups in total. The molecule has 2 rings (SSSR count). The number of fused-ring (bicyclic) bond motifs is 1. The summed E-state index contributed by atoms with van der Waals surface area (Å²) in [6.45, 7) is 8.88. The van der Waals surface area contributed by atoms with Crippen LogP contribution in [0.2, 0.25) is 0 Å². The normalized spacial score (nSPS) is 20.1. The van der Waals surface area contributed by atoms with Gasteiger partial charge in [0.05, 0.1) is 11.7 Å². The van der Waals surface area contributed by atoms with Gasteiger partial charge in [0.25, 0.3) is 0 Å². The van der Waals surface area contributed by atoms with Crippen molar-refractivity contribution in [3.63, 3.8) is 0 Å². The third kappa shape index (κ3) is 3.48. The number of aromatic nitrogens is 1. The molecule has 0 aliphatic heterocycles. The molecule has 0 bridgehead atoms. The fourth-order valence-corrected chi connectivity index (χ4v) is 3.82. The molecule has 1 aliphatic rings. The Morgan fingerprint density at radius 3 is 2.95 bits per heavy atom. The van der Waals surface area contributed by atoms with Crippen molar-refractivity contribution in [3.05, 3.63) is 10.6 Å². The molecule has 0 aromatic carbocycles. The molecule has 0 amide bonds.